The van der Waals surface area contributed by atoms with Crippen molar-refractivity contribution in [3.05, 3.63) is 32.7 Å². The van der Waals surface area contributed by atoms with Gasteiger partial charge in [0.1, 0.15) is 0 Å². The molecule has 2 heterocycles. The third-order valence-electron chi connectivity index (χ3n) is 3.92. The van der Waals surface area contributed by atoms with Crippen molar-refractivity contribution in [1.82, 2.24) is 10.6 Å². The van der Waals surface area contributed by atoms with E-state index < -0.39 is 0 Å². The topological polar surface area (TPSA) is 70.3 Å². The third-order valence-corrected chi connectivity index (χ3v) is 5.39. The van der Waals surface area contributed by atoms with Gasteiger partial charge in [-0.05, 0) is 43.7 Å². The Morgan fingerprint density at radius 2 is 2.38 bits per heavy atom. The predicted octanol–water partition coefficient (Wildman–Crippen LogP) is 2.18. The molecular formula is C15H24ClN3OS. The van der Waals surface area contributed by atoms with Crippen LogP contribution in [0.5, 0.6) is 0 Å². The predicted molar refractivity (Wildman–Crippen MR) is 89.8 cm³/mol. The van der Waals surface area contributed by atoms with Crippen LogP contribution in [-0.2, 0) is 6.42 Å². The van der Waals surface area contributed by atoms with Gasteiger partial charge in [0.25, 0.3) is 0 Å². The fraction of sp³-hybridized carbons (Fsp3) is 0.600. The van der Waals surface area contributed by atoms with Gasteiger partial charge in [-0.1, -0.05) is 11.6 Å². The molecule has 5 N–H and O–H groups in total. The van der Waals surface area contributed by atoms with Gasteiger partial charge in [-0.2, -0.15) is 0 Å². The second-order valence-corrected chi connectivity index (χ2v) is 7.35. The zero-order valence-corrected chi connectivity index (χ0v) is 14.1. The third kappa shape index (κ3) is 4.13. The molecule has 2 rings (SSSR count). The highest BCUT2D eigenvalue weighted by Gasteiger charge is 2.30. The monoisotopic (exact) mass is 329 g/mol. The summed E-state index contributed by atoms with van der Waals surface area (Å²) >= 11 is 7.82. The van der Waals surface area contributed by atoms with Gasteiger partial charge in [0.2, 0.25) is 0 Å². The highest BCUT2D eigenvalue weighted by atomic mass is 35.5. The van der Waals surface area contributed by atoms with Crippen molar-refractivity contribution in [1.29, 1.82) is 0 Å². The highest BCUT2D eigenvalue weighted by molar-refractivity contribution is 7.16. The van der Waals surface area contributed by atoms with Gasteiger partial charge in [0.05, 0.1) is 4.34 Å². The number of thiophene rings is 1. The lowest BCUT2D eigenvalue weighted by Crippen LogP contribution is -2.46. The van der Waals surface area contributed by atoms with E-state index in [1.165, 1.54) is 10.4 Å². The van der Waals surface area contributed by atoms with E-state index in [1.54, 1.807) is 11.3 Å². The van der Waals surface area contributed by atoms with Crippen molar-refractivity contribution in [3.8, 4) is 0 Å². The molecule has 0 aromatic carbocycles. The zero-order chi connectivity index (χ0) is 15.4. The van der Waals surface area contributed by atoms with Crippen LogP contribution in [0.25, 0.3) is 0 Å². The van der Waals surface area contributed by atoms with Gasteiger partial charge >= 0.3 is 0 Å². The summed E-state index contributed by atoms with van der Waals surface area (Å²) in [4.78, 5) is 1.31. The first-order valence-electron chi connectivity index (χ1n) is 7.33. The Hall–Kier alpha value is -0.750. The van der Waals surface area contributed by atoms with Crippen molar-refractivity contribution < 1.29 is 5.11 Å². The maximum Gasteiger partial charge on any atom is 0.0934 e. The summed E-state index contributed by atoms with van der Waals surface area (Å²) < 4.78 is 0.801. The molecule has 1 aromatic rings. The number of nitrogens with two attached hydrogens (primary N) is 1. The number of rotatable bonds is 5. The van der Waals surface area contributed by atoms with Gasteiger partial charge < -0.3 is 21.5 Å². The smallest absolute Gasteiger partial charge is 0.0934 e. The maximum atomic E-state index is 9.23. The van der Waals surface area contributed by atoms with Crippen LogP contribution >= 0.6 is 22.9 Å². The lowest BCUT2D eigenvalue weighted by molar-refractivity contribution is 0.297. The standard InChI is InChI=1S/C15H24ClN3OS/c1-9-5-11(6-13(19-9)12(17)8-18-2)15-10(3-4-20)7-14(16)21-15/h7-9,11,13,18-20H,3-6,17H2,1-2H3/b12-8-. The summed E-state index contributed by atoms with van der Waals surface area (Å²) in [6.07, 6.45) is 4.55. The van der Waals surface area contributed by atoms with Crippen LogP contribution in [0.3, 0.4) is 0 Å². The van der Waals surface area contributed by atoms with E-state index in [2.05, 4.69) is 17.6 Å². The summed E-state index contributed by atoms with van der Waals surface area (Å²) in [5.41, 5.74) is 8.15. The average molecular weight is 330 g/mol. The zero-order valence-electron chi connectivity index (χ0n) is 12.5. The molecule has 1 aromatic heterocycles. The van der Waals surface area contributed by atoms with Crippen LogP contribution < -0.4 is 16.4 Å². The second kappa shape index (κ2) is 7.49. The quantitative estimate of drug-likeness (QED) is 0.668. The van der Waals surface area contributed by atoms with Crippen LogP contribution in [0.15, 0.2) is 18.0 Å². The molecule has 0 bridgehead atoms. The Balaban J connectivity index is 2.21. The van der Waals surface area contributed by atoms with Crippen LogP contribution in [0, 0.1) is 0 Å². The Labute approximate surface area is 135 Å². The summed E-state index contributed by atoms with van der Waals surface area (Å²) in [7, 11) is 1.86. The molecule has 3 unspecified atom stereocenters. The van der Waals surface area contributed by atoms with Gasteiger partial charge in [-0.3, -0.25) is 0 Å². The molecule has 1 fully saturated rings. The van der Waals surface area contributed by atoms with Gasteiger partial charge in [0.15, 0.2) is 0 Å². The average Bonchev–Trinajstić information content (AvgIpc) is 2.80. The molecule has 6 heteroatoms. The van der Waals surface area contributed by atoms with E-state index >= 15 is 0 Å². The van der Waals surface area contributed by atoms with Crippen molar-refractivity contribution in [2.24, 2.45) is 5.73 Å². The number of nitrogens with one attached hydrogen (secondary N) is 2. The summed E-state index contributed by atoms with van der Waals surface area (Å²) in [6, 6.07) is 2.57. The molecular weight excluding hydrogens is 306 g/mol. The van der Waals surface area contributed by atoms with Crippen LogP contribution in [0.4, 0.5) is 0 Å². The van der Waals surface area contributed by atoms with E-state index in [1.807, 2.05) is 19.3 Å². The number of hydrogen-bond acceptors (Lipinski definition) is 5. The van der Waals surface area contributed by atoms with Crippen LogP contribution in [-0.4, -0.2) is 30.8 Å². The van der Waals surface area contributed by atoms with Crippen molar-refractivity contribution in [2.75, 3.05) is 13.7 Å². The van der Waals surface area contributed by atoms with E-state index in [9.17, 15) is 5.11 Å². The van der Waals surface area contributed by atoms with Crippen molar-refractivity contribution in [3.63, 3.8) is 0 Å². The SMILES string of the molecule is CN/C=C(\N)C1CC(c2sc(Cl)cc2CCO)CC(C)N1. The van der Waals surface area contributed by atoms with E-state index in [0.29, 0.717) is 18.4 Å². The Bertz CT molecular complexity index is 503. The van der Waals surface area contributed by atoms with Crippen LogP contribution in [0.1, 0.15) is 36.1 Å². The summed E-state index contributed by atoms with van der Waals surface area (Å²) in [5, 5.41) is 15.8. The van der Waals surface area contributed by atoms with Crippen LogP contribution in [0.2, 0.25) is 4.34 Å². The van der Waals surface area contributed by atoms with Crippen molar-refractivity contribution in [2.45, 2.75) is 44.2 Å². The molecule has 0 radical (unpaired) electrons. The number of halogens is 1. The lowest BCUT2D eigenvalue weighted by atomic mass is 9.84. The molecule has 1 aliphatic heterocycles. The molecule has 4 nitrogen and oxygen atoms in total. The molecule has 1 saturated heterocycles. The van der Waals surface area contributed by atoms with E-state index in [-0.39, 0.29) is 12.6 Å². The largest absolute Gasteiger partial charge is 0.400 e. The van der Waals surface area contributed by atoms with E-state index in [4.69, 9.17) is 17.3 Å². The number of piperidine rings is 1. The molecule has 0 spiro atoms. The summed E-state index contributed by atoms with van der Waals surface area (Å²) in [5.74, 6) is 0.439. The minimum atomic E-state index is 0.159. The molecule has 21 heavy (non-hydrogen) atoms. The fourth-order valence-electron chi connectivity index (χ4n) is 3.07. The van der Waals surface area contributed by atoms with Crippen molar-refractivity contribution >= 4 is 22.9 Å². The minimum Gasteiger partial charge on any atom is -0.400 e. The Morgan fingerprint density at radius 1 is 1.62 bits per heavy atom. The molecule has 118 valence electrons. The first-order valence-corrected chi connectivity index (χ1v) is 8.52. The highest BCUT2D eigenvalue weighted by Crippen LogP contribution is 2.40. The molecule has 0 aliphatic carbocycles. The van der Waals surface area contributed by atoms with E-state index in [0.717, 1.165) is 22.9 Å². The Kier molecular flexibility index (Phi) is 5.93. The van der Waals surface area contributed by atoms with Gasteiger partial charge in [-0.15, -0.1) is 11.3 Å². The molecule has 1 aliphatic rings. The molecule has 0 amide bonds. The Morgan fingerprint density at radius 3 is 3.05 bits per heavy atom. The molecule has 3 atom stereocenters. The number of aliphatic hydroxyl groups is 1. The first kappa shape index (κ1) is 16.6. The van der Waals surface area contributed by atoms with Gasteiger partial charge in [0, 0.05) is 42.5 Å². The molecule has 0 saturated carbocycles. The number of aliphatic hydroxyl groups excluding tert-OH is 1. The lowest BCUT2D eigenvalue weighted by Gasteiger charge is -2.35. The number of hydrogen-bond donors (Lipinski definition) is 4. The minimum absolute atomic E-state index is 0.159. The fourth-order valence-corrected chi connectivity index (χ4v) is 4.51. The van der Waals surface area contributed by atoms with Gasteiger partial charge in [-0.25, -0.2) is 0 Å². The summed E-state index contributed by atoms with van der Waals surface area (Å²) in [6.45, 7) is 2.35. The normalized spacial score (nSPS) is 26.9. The first-order chi connectivity index (χ1) is 10.0. The maximum absolute atomic E-state index is 9.23. The second-order valence-electron chi connectivity index (χ2n) is 5.64.